The minimum absolute atomic E-state index is 0.0465. The predicted octanol–water partition coefficient (Wildman–Crippen LogP) is 4.94. The van der Waals surface area contributed by atoms with Crippen molar-refractivity contribution in [2.45, 2.75) is 6.61 Å². The lowest BCUT2D eigenvalue weighted by Gasteiger charge is -2.09. The van der Waals surface area contributed by atoms with E-state index in [-0.39, 0.29) is 5.56 Å². The highest BCUT2D eigenvalue weighted by molar-refractivity contribution is 5.66. The van der Waals surface area contributed by atoms with E-state index in [9.17, 15) is 4.39 Å². The lowest BCUT2D eigenvalue weighted by atomic mass is 10.0. The first-order chi connectivity index (χ1) is 11.3. The predicted molar refractivity (Wildman–Crippen MR) is 87.3 cm³/mol. The fourth-order valence-corrected chi connectivity index (χ4v) is 2.29. The molecule has 0 aliphatic carbocycles. The van der Waals surface area contributed by atoms with Gasteiger partial charge in [-0.25, -0.2) is 4.39 Å². The number of nitriles is 1. The van der Waals surface area contributed by atoms with Crippen LogP contribution >= 0.6 is 0 Å². The first kappa shape index (κ1) is 14.8. The van der Waals surface area contributed by atoms with Crippen LogP contribution in [0.1, 0.15) is 11.1 Å². The molecule has 3 heteroatoms. The highest BCUT2D eigenvalue weighted by Crippen LogP contribution is 2.26. The van der Waals surface area contributed by atoms with Crippen LogP contribution < -0.4 is 4.74 Å². The maximum absolute atomic E-state index is 13.8. The number of ether oxygens (including phenoxy) is 1. The van der Waals surface area contributed by atoms with Crippen molar-refractivity contribution in [1.82, 2.24) is 0 Å². The van der Waals surface area contributed by atoms with Crippen molar-refractivity contribution in [3.05, 3.63) is 89.7 Å². The zero-order valence-electron chi connectivity index (χ0n) is 12.4. The van der Waals surface area contributed by atoms with E-state index in [1.165, 1.54) is 12.1 Å². The minimum atomic E-state index is -0.513. The molecule has 0 amide bonds. The Balaban J connectivity index is 1.80. The van der Waals surface area contributed by atoms with Crippen LogP contribution in [0.2, 0.25) is 0 Å². The quantitative estimate of drug-likeness (QED) is 0.683. The van der Waals surface area contributed by atoms with Gasteiger partial charge in [-0.3, -0.25) is 0 Å². The van der Waals surface area contributed by atoms with Crippen LogP contribution in [0, 0.1) is 17.1 Å². The van der Waals surface area contributed by atoms with Gasteiger partial charge in [-0.2, -0.15) is 5.26 Å². The molecule has 23 heavy (non-hydrogen) atoms. The number of rotatable bonds is 4. The van der Waals surface area contributed by atoms with Gasteiger partial charge in [0.2, 0.25) is 0 Å². The summed E-state index contributed by atoms with van der Waals surface area (Å²) in [4.78, 5) is 0. The third-order valence-corrected chi connectivity index (χ3v) is 3.51. The molecule has 3 aromatic carbocycles. The number of hydrogen-bond donors (Lipinski definition) is 0. The molecule has 0 spiro atoms. The largest absolute Gasteiger partial charge is 0.489 e. The Labute approximate surface area is 134 Å². The summed E-state index contributed by atoms with van der Waals surface area (Å²) in [6.07, 6.45) is 0. The van der Waals surface area contributed by atoms with E-state index in [0.717, 1.165) is 16.9 Å². The molecule has 3 aromatic rings. The van der Waals surface area contributed by atoms with Crippen molar-refractivity contribution >= 4 is 0 Å². The molecule has 0 aromatic heterocycles. The van der Waals surface area contributed by atoms with Gasteiger partial charge in [0.25, 0.3) is 0 Å². The number of nitrogens with zero attached hydrogens (tertiary/aromatic N) is 1. The minimum Gasteiger partial charge on any atom is -0.489 e. The first-order valence-corrected chi connectivity index (χ1v) is 7.23. The fraction of sp³-hybridized carbons (Fsp3) is 0.0500. The molecule has 0 heterocycles. The third-order valence-electron chi connectivity index (χ3n) is 3.51. The van der Waals surface area contributed by atoms with Crippen molar-refractivity contribution in [3.8, 4) is 22.9 Å². The van der Waals surface area contributed by atoms with Gasteiger partial charge in [0.05, 0.1) is 5.56 Å². The molecule has 0 bridgehead atoms. The van der Waals surface area contributed by atoms with Gasteiger partial charge in [-0.15, -0.1) is 0 Å². The Morgan fingerprint density at radius 1 is 0.870 bits per heavy atom. The summed E-state index contributed by atoms with van der Waals surface area (Å²) in [6.45, 7) is 0.478. The molecule has 0 N–H and O–H groups in total. The number of benzene rings is 3. The Morgan fingerprint density at radius 3 is 2.39 bits per heavy atom. The Hall–Kier alpha value is -3.12. The van der Waals surface area contributed by atoms with Gasteiger partial charge >= 0.3 is 0 Å². The van der Waals surface area contributed by atoms with Crippen molar-refractivity contribution in [2.24, 2.45) is 0 Å². The second kappa shape index (κ2) is 6.76. The molecule has 0 saturated heterocycles. The number of halogens is 1. The van der Waals surface area contributed by atoms with Crippen LogP contribution in [0.4, 0.5) is 4.39 Å². The van der Waals surface area contributed by atoms with Crippen LogP contribution in [0.3, 0.4) is 0 Å². The summed E-state index contributed by atoms with van der Waals surface area (Å²) in [5.41, 5.74) is 2.69. The zero-order valence-corrected chi connectivity index (χ0v) is 12.4. The summed E-state index contributed by atoms with van der Waals surface area (Å²) in [5.74, 6) is 0.205. The molecule has 0 fully saturated rings. The normalized spacial score (nSPS) is 10.1. The van der Waals surface area contributed by atoms with Crippen LogP contribution in [0.25, 0.3) is 11.1 Å². The average Bonchev–Trinajstić information content (AvgIpc) is 2.61. The summed E-state index contributed by atoms with van der Waals surface area (Å²) in [6, 6.07) is 23.8. The third kappa shape index (κ3) is 3.56. The van der Waals surface area contributed by atoms with Crippen molar-refractivity contribution in [2.75, 3.05) is 0 Å². The Kier molecular flexibility index (Phi) is 4.35. The van der Waals surface area contributed by atoms with E-state index in [1.54, 1.807) is 6.07 Å². The molecular weight excluding hydrogens is 289 g/mol. The molecule has 0 aliphatic heterocycles. The zero-order chi connectivity index (χ0) is 16.1. The molecule has 2 nitrogen and oxygen atoms in total. The lowest BCUT2D eigenvalue weighted by molar-refractivity contribution is 0.306. The second-order valence-electron chi connectivity index (χ2n) is 5.11. The van der Waals surface area contributed by atoms with E-state index in [0.29, 0.717) is 12.2 Å². The van der Waals surface area contributed by atoms with E-state index in [4.69, 9.17) is 10.00 Å². The molecular formula is C20H14FNO. The smallest absolute Gasteiger partial charge is 0.141 e. The molecule has 0 aliphatic rings. The highest BCUT2D eigenvalue weighted by Gasteiger charge is 2.06. The van der Waals surface area contributed by atoms with Gasteiger partial charge in [0.1, 0.15) is 24.2 Å². The van der Waals surface area contributed by atoms with Crippen LogP contribution in [0.15, 0.2) is 72.8 Å². The highest BCUT2D eigenvalue weighted by atomic mass is 19.1. The van der Waals surface area contributed by atoms with Crippen LogP contribution in [-0.4, -0.2) is 0 Å². The molecule has 112 valence electrons. The average molecular weight is 303 g/mol. The van der Waals surface area contributed by atoms with E-state index in [1.807, 2.05) is 60.7 Å². The summed E-state index contributed by atoms with van der Waals surface area (Å²) in [5, 5.41) is 8.79. The molecule has 0 unspecified atom stereocenters. The van der Waals surface area contributed by atoms with Gasteiger partial charge in [0.15, 0.2) is 0 Å². The molecule has 0 atom stereocenters. The number of hydrogen-bond acceptors (Lipinski definition) is 2. The van der Waals surface area contributed by atoms with Crippen LogP contribution in [-0.2, 0) is 6.61 Å². The van der Waals surface area contributed by atoms with Gasteiger partial charge in [0, 0.05) is 0 Å². The Morgan fingerprint density at radius 2 is 1.65 bits per heavy atom. The monoisotopic (exact) mass is 303 g/mol. The standard InChI is InChI=1S/C20H14FNO/c21-20-12-17(9-10-18(20)13-22)16-7-4-8-19(11-16)23-14-15-5-2-1-3-6-15/h1-12H,14H2. The van der Waals surface area contributed by atoms with Gasteiger partial charge < -0.3 is 4.74 Å². The topological polar surface area (TPSA) is 33.0 Å². The fourth-order valence-electron chi connectivity index (χ4n) is 2.29. The Bertz CT molecular complexity index is 853. The molecule has 0 radical (unpaired) electrons. The maximum atomic E-state index is 13.8. The van der Waals surface area contributed by atoms with Crippen molar-refractivity contribution in [1.29, 1.82) is 5.26 Å². The van der Waals surface area contributed by atoms with Gasteiger partial charge in [-0.1, -0.05) is 48.5 Å². The van der Waals surface area contributed by atoms with Crippen LogP contribution in [0.5, 0.6) is 5.75 Å². The van der Waals surface area contributed by atoms with E-state index >= 15 is 0 Å². The lowest BCUT2D eigenvalue weighted by Crippen LogP contribution is -1.95. The van der Waals surface area contributed by atoms with Crippen molar-refractivity contribution < 1.29 is 9.13 Å². The molecule has 0 saturated carbocycles. The van der Waals surface area contributed by atoms with Crippen molar-refractivity contribution in [3.63, 3.8) is 0 Å². The summed E-state index contributed by atoms with van der Waals surface area (Å²) >= 11 is 0. The second-order valence-corrected chi connectivity index (χ2v) is 5.11. The first-order valence-electron chi connectivity index (χ1n) is 7.23. The van der Waals surface area contributed by atoms with E-state index < -0.39 is 5.82 Å². The van der Waals surface area contributed by atoms with E-state index in [2.05, 4.69) is 0 Å². The summed E-state index contributed by atoms with van der Waals surface area (Å²) < 4.78 is 19.5. The summed E-state index contributed by atoms with van der Waals surface area (Å²) in [7, 11) is 0. The van der Waals surface area contributed by atoms with Gasteiger partial charge in [-0.05, 0) is 41.0 Å². The maximum Gasteiger partial charge on any atom is 0.141 e. The SMILES string of the molecule is N#Cc1ccc(-c2cccc(OCc3ccccc3)c2)cc1F. The molecule has 3 rings (SSSR count).